The number of hydrogen-bond acceptors (Lipinski definition) is 10. The molecule has 11 heteroatoms. The number of carbonyl (C=O) groups is 1. The first-order valence-corrected chi connectivity index (χ1v) is 21.7. The van der Waals surface area contributed by atoms with Crippen molar-refractivity contribution in [1.82, 2.24) is 4.90 Å². The van der Waals surface area contributed by atoms with Gasteiger partial charge in [0.2, 0.25) is 0 Å². The van der Waals surface area contributed by atoms with Gasteiger partial charge in [-0.15, -0.1) is 0 Å². The molecule has 11 nitrogen and oxygen atoms in total. The van der Waals surface area contributed by atoms with Crippen molar-refractivity contribution in [2.75, 3.05) is 33.9 Å². The molecule has 332 valence electrons. The topological polar surface area (TPSA) is 114 Å². The largest absolute Gasteiger partial charge is 0.438 e. The van der Waals surface area contributed by atoms with Crippen molar-refractivity contribution in [2.24, 2.45) is 0 Å². The molecule has 7 rings (SSSR count). The summed E-state index contributed by atoms with van der Waals surface area (Å²) in [5.41, 5.74) is 7.50. The summed E-state index contributed by atoms with van der Waals surface area (Å²) in [4.78, 5) is 14.2. The summed E-state index contributed by atoms with van der Waals surface area (Å²) in [5.74, 6) is 0. The second-order valence-corrected chi connectivity index (χ2v) is 16.0. The number of rotatable bonds is 23. The highest BCUT2D eigenvalue weighted by molar-refractivity contribution is 5.67. The Bertz CT molecular complexity index is 2120. The van der Waals surface area contributed by atoms with E-state index in [-0.39, 0.29) is 33.0 Å². The molecule has 0 saturated carbocycles. The van der Waals surface area contributed by atoms with Crippen LogP contribution in [0, 0.1) is 0 Å². The number of aliphatic hydroxyl groups excluding tert-OH is 1. The quantitative estimate of drug-likeness (QED) is 0.0689. The van der Waals surface area contributed by atoms with Crippen LogP contribution in [-0.4, -0.2) is 92.9 Å². The molecule has 63 heavy (non-hydrogen) atoms. The van der Waals surface area contributed by atoms with Gasteiger partial charge in [-0.25, -0.2) is 4.79 Å². The van der Waals surface area contributed by atoms with Crippen molar-refractivity contribution in [1.29, 1.82) is 0 Å². The van der Waals surface area contributed by atoms with Crippen LogP contribution in [-0.2, 0) is 77.4 Å². The third-order valence-electron chi connectivity index (χ3n) is 11.0. The lowest BCUT2D eigenvalue weighted by Gasteiger charge is -2.34. The molecule has 2 aliphatic rings. The van der Waals surface area contributed by atoms with Gasteiger partial charge in [0.25, 0.3) is 0 Å². The SMILES string of the molecule is CN(C)C(=O)OC1C(OCC(OCc2ccccc2)C(OCc2ccccc2)C(COCc2ccc3c(c2)CCC=C3)OCc2ccccc2)OC(COCc2ccccc2)C1O. The van der Waals surface area contributed by atoms with Crippen molar-refractivity contribution in [3.63, 3.8) is 0 Å². The highest BCUT2D eigenvalue weighted by Gasteiger charge is 2.48. The fourth-order valence-corrected chi connectivity index (χ4v) is 7.50. The molecule has 0 bridgehead atoms. The Hall–Kier alpha value is -5.21. The molecule has 0 aromatic heterocycles. The van der Waals surface area contributed by atoms with Gasteiger partial charge in [-0.3, -0.25) is 0 Å². The van der Waals surface area contributed by atoms with E-state index in [2.05, 4.69) is 30.4 Å². The summed E-state index contributed by atoms with van der Waals surface area (Å²) in [6.45, 7) is 1.60. The van der Waals surface area contributed by atoms with Crippen LogP contribution in [0.1, 0.15) is 45.4 Å². The van der Waals surface area contributed by atoms with Gasteiger partial charge >= 0.3 is 6.09 Å². The molecule has 1 saturated heterocycles. The summed E-state index contributed by atoms with van der Waals surface area (Å²) in [6.07, 6.45) is -0.813. The van der Waals surface area contributed by atoms with Crippen LogP contribution in [0.2, 0.25) is 0 Å². The van der Waals surface area contributed by atoms with Gasteiger partial charge in [0, 0.05) is 14.1 Å². The Labute approximate surface area is 371 Å². The summed E-state index contributed by atoms with van der Waals surface area (Å²) >= 11 is 0. The zero-order valence-corrected chi connectivity index (χ0v) is 36.1. The van der Waals surface area contributed by atoms with Crippen molar-refractivity contribution in [2.45, 2.75) is 88.8 Å². The number of carbonyl (C=O) groups excluding carboxylic acids is 1. The van der Waals surface area contributed by atoms with Crippen molar-refractivity contribution < 1.29 is 47.8 Å². The minimum atomic E-state index is -1.24. The lowest BCUT2D eigenvalue weighted by Crippen LogP contribution is -2.48. The molecule has 0 spiro atoms. The number of nitrogens with zero attached hydrogens (tertiary/aromatic N) is 1. The first-order valence-electron chi connectivity index (χ1n) is 21.7. The molecular formula is C52H59NO10. The molecule has 5 aromatic rings. The lowest BCUT2D eigenvalue weighted by molar-refractivity contribution is -0.219. The Morgan fingerprint density at radius 3 is 1.79 bits per heavy atom. The van der Waals surface area contributed by atoms with Gasteiger partial charge in [0.05, 0.1) is 52.9 Å². The summed E-state index contributed by atoms with van der Waals surface area (Å²) in [5, 5.41) is 11.5. The predicted molar refractivity (Wildman–Crippen MR) is 239 cm³/mol. The molecule has 1 heterocycles. The molecule has 1 N–H and O–H groups in total. The number of benzene rings is 5. The lowest BCUT2D eigenvalue weighted by atomic mass is 9.96. The number of aliphatic hydroxyl groups is 1. The van der Waals surface area contributed by atoms with Crippen LogP contribution in [0.3, 0.4) is 0 Å². The summed E-state index contributed by atoms with van der Waals surface area (Å²) < 4.78 is 51.5. The zero-order valence-electron chi connectivity index (χ0n) is 36.1. The highest BCUT2D eigenvalue weighted by Crippen LogP contribution is 2.29. The number of hydrogen-bond donors (Lipinski definition) is 1. The third kappa shape index (κ3) is 13.9. The number of fused-ring (bicyclic) bond motifs is 1. The average molecular weight is 858 g/mol. The molecule has 1 amide bonds. The maximum absolute atomic E-state index is 12.9. The molecule has 5 aromatic carbocycles. The van der Waals surface area contributed by atoms with E-state index in [0.29, 0.717) is 19.8 Å². The predicted octanol–water partition coefficient (Wildman–Crippen LogP) is 8.30. The smallest absolute Gasteiger partial charge is 0.409 e. The van der Waals surface area contributed by atoms with Gasteiger partial charge in [0.15, 0.2) is 12.4 Å². The molecule has 1 fully saturated rings. The average Bonchev–Trinajstić information content (AvgIpc) is 3.61. The number of aryl methyl sites for hydroxylation is 1. The molecule has 7 unspecified atom stereocenters. The van der Waals surface area contributed by atoms with Gasteiger partial charge < -0.3 is 47.9 Å². The van der Waals surface area contributed by atoms with E-state index >= 15 is 0 Å². The van der Waals surface area contributed by atoms with E-state index in [1.165, 1.54) is 16.0 Å². The number of amides is 1. The number of ether oxygens (including phenoxy) is 8. The second kappa shape index (κ2) is 24.0. The van der Waals surface area contributed by atoms with Gasteiger partial charge in [-0.1, -0.05) is 152 Å². The van der Waals surface area contributed by atoms with E-state index in [1.807, 2.05) is 121 Å². The van der Waals surface area contributed by atoms with E-state index in [4.69, 9.17) is 37.9 Å². The van der Waals surface area contributed by atoms with E-state index < -0.39 is 49.0 Å². The fourth-order valence-electron chi connectivity index (χ4n) is 7.50. The van der Waals surface area contributed by atoms with Crippen LogP contribution in [0.15, 0.2) is 146 Å². The van der Waals surface area contributed by atoms with Crippen LogP contribution >= 0.6 is 0 Å². The van der Waals surface area contributed by atoms with Crippen molar-refractivity contribution in [3.8, 4) is 0 Å². The van der Waals surface area contributed by atoms with E-state index in [0.717, 1.165) is 40.7 Å². The minimum Gasteiger partial charge on any atom is -0.438 e. The van der Waals surface area contributed by atoms with Crippen LogP contribution in [0.5, 0.6) is 0 Å². The first-order chi connectivity index (χ1) is 30.9. The Balaban J connectivity index is 1.15. The normalized spacial score (nSPS) is 19.5. The van der Waals surface area contributed by atoms with Gasteiger partial charge in [0.1, 0.15) is 30.5 Å². The summed E-state index contributed by atoms with van der Waals surface area (Å²) in [6, 6.07) is 45.9. The number of allylic oxidation sites excluding steroid dienone is 1. The minimum absolute atomic E-state index is 0.0380. The Kier molecular flexibility index (Phi) is 17.5. The molecule has 1 aliphatic heterocycles. The van der Waals surface area contributed by atoms with Crippen molar-refractivity contribution >= 4 is 12.2 Å². The van der Waals surface area contributed by atoms with Crippen LogP contribution in [0.4, 0.5) is 4.79 Å². The van der Waals surface area contributed by atoms with E-state index in [9.17, 15) is 9.90 Å². The Morgan fingerprint density at radius 2 is 1.21 bits per heavy atom. The highest BCUT2D eigenvalue weighted by atomic mass is 16.7. The molecular weight excluding hydrogens is 799 g/mol. The van der Waals surface area contributed by atoms with E-state index in [1.54, 1.807) is 14.1 Å². The third-order valence-corrected chi connectivity index (χ3v) is 11.0. The molecule has 0 radical (unpaired) electrons. The van der Waals surface area contributed by atoms with Crippen LogP contribution < -0.4 is 0 Å². The molecule has 1 aliphatic carbocycles. The van der Waals surface area contributed by atoms with Gasteiger partial charge in [-0.2, -0.15) is 0 Å². The summed E-state index contributed by atoms with van der Waals surface area (Å²) in [7, 11) is 3.15. The maximum Gasteiger partial charge on any atom is 0.409 e. The van der Waals surface area contributed by atoms with Gasteiger partial charge in [-0.05, 0) is 51.8 Å². The van der Waals surface area contributed by atoms with Crippen LogP contribution in [0.25, 0.3) is 6.08 Å². The standard InChI is InChI=1S/C52H59NO10/c1-53(2)52(55)63-50-48(54)45(35-56-30-38-17-7-3-8-18-38)62-51(50)61-37-47(59-33-40-21-11-5-12-22-40)49(60-34-41-23-13-6-14-24-41)46(58-32-39-19-9-4-10-20-39)36-57-31-42-27-28-43-25-15-16-26-44(43)29-42/h3-15,17-25,27-29,45-51,54H,16,26,30-37H2,1-2H3. The monoisotopic (exact) mass is 857 g/mol. The zero-order chi connectivity index (χ0) is 43.6. The van der Waals surface area contributed by atoms with Crippen molar-refractivity contribution in [3.05, 3.63) is 185 Å². The molecule has 7 atom stereocenters. The maximum atomic E-state index is 12.9. The first kappa shape index (κ1) is 45.8. The fraction of sp³-hybridized carbons (Fsp3) is 0.365. The second-order valence-electron chi connectivity index (χ2n) is 16.0. The Morgan fingerprint density at radius 1 is 0.667 bits per heavy atom.